The van der Waals surface area contributed by atoms with Gasteiger partial charge in [-0.15, -0.1) is 0 Å². The highest BCUT2D eigenvalue weighted by Gasteiger charge is 2.40. The fraction of sp³-hybridized carbons (Fsp3) is 0.625. The topological polar surface area (TPSA) is 20.2 Å². The average Bonchev–Trinajstić information content (AvgIpc) is 2.82. The second-order valence-electron chi connectivity index (χ2n) is 5.61. The van der Waals surface area contributed by atoms with E-state index < -0.39 is 0 Å². The van der Waals surface area contributed by atoms with Crippen molar-refractivity contribution in [3.05, 3.63) is 34.9 Å². The van der Waals surface area contributed by atoms with Crippen molar-refractivity contribution < 1.29 is 5.11 Å². The van der Waals surface area contributed by atoms with Gasteiger partial charge in [-0.1, -0.05) is 38.0 Å². The molecule has 0 radical (unpaired) electrons. The molecule has 1 unspecified atom stereocenters. The smallest absolute Gasteiger partial charge is 0.0848 e. The van der Waals surface area contributed by atoms with Crippen LogP contribution in [-0.2, 0) is 0 Å². The van der Waals surface area contributed by atoms with Gasteiger partial charge < -0.3 is 5.11 Å². The third-order valence-corrected chi connectivity index (χ3v) is 4.82. The number of benzene rings is 1. The summed E-state index contributed by atoms with van der Waals surface area (Å²) in [5.74, 6) is 0. The Hall–Kier alpha value is -0.820. The summed E-state index contributed by atoms with van der Waals surface area (Å²) in [7, 11) is 0. The van der Waals surface area contributed by atoms with Gasteiger partial charge >= 0.3 is 0 Å². The minimum Gasteiger partial charge on any atom is -0.388 e. The van der Waals surface area contributed by atoms with E-state index in [1.54, 1.807) is 0 Å². The molecule has 1 nitrogen and oxygen atoms in total. The van der Waals surface area contributed by atoms with Crippen molar-refractivity contribution in [2.75, 3.05) is 0 Å². The lowest BCUT2D eigenvalue weighted by Crippen LogP contribution is -2.25. The maximum atomic E-state index is 10.8. The summed E-state index contributed by atoms with van der Waals surface area (Å²) in [6.45, 7) is 6.48. The molecule has 0 amide bonds. The Morgan fingerprint density at radius 2 is 1.88 bits per heavy atom. The van der Waals surface area contributed by atoms with E-state index in [9.17, 15) is 5.11 Å². The van der Waals surface area contributed by atoms with Crippen LogP contribution in [0, 0.1) is 19.3 Å². The molecular weight excluding hydrogens is 208 g/mol. The van der Waals surface area contributed by atoms with Crippen LogP contribution in [-0.4, -0.2) is 5.11 Å². The third-order valence-electron chi connectivity index (χ3n) is 4.82. The molecule has 1 aliphatic carbocycles. The minimum absolute atomic E-state index is 0.137. The lowest BCUT2D eigenvalue weighted by atomic mass is 9.74. The molecule has 0 aliphatic heterocycles. The second kappa shape index (κ2) is 4.81. The van der Waals surface area contributed by atoms with E-state index in [1.165, 1.54) is 36.8 Å². The Bertz CT molecular complexity index is 389. The number of aliphatic hydroxyl groups excluding tert-OH is 1. The zero-order valence-electron chi connectivity index (χ0n) is 11.3. The standard InChI is InChI=1S/C16H24O/c1-4-16(10-5-6-11-16)15(17)14-9-7-8-12(2)13(14)3/h7-9,15,17H,4-6,10-11H2,1-3H3. The summed E-state index contributed by atoms with van der Waals surface area (Å²) < 4.78 is 0. The molecule has 1 heteroatoms. The van der Waals surface area contributed by atoms with Crippen molar-refractivity contribution >= 4 is 0 Å². The predicted octanol–water partition coefficient (Wildman–Crippen LogP) is 4.31. The minimum atomic E-state index is -0.283. The van der Waals surface area contributed by atoms with E-state index in [2.05, 4.69) is 39.0 Å². The van der Waals surface area contributed by atoms with Crippen molar-refractivity contribution in [1.29, 1.82) is 0 Å². The zero-order valence-corrected chi connectivity index (χ0v) is 11.3. The SMILES string of the molecule is CCC1(C(O)c2cccc(C)c2C)CCCC1. The number of hydrogen-bond donors (Lipinski definition) is 1. The second-order valence-corrected chi connectivity index (χ2v) is 5.61. The summed E-state index contributed by atoms with van der Waals surface area (Å²) in [5, 5.41) is 10.8. The Kier molecular flexibility index (Phi) is 3.58. The van der Waals surface area contributed by atoms with Gasteiger partial charge in [0.25, 0.3) is 0 Å². The maximum absolute atomic E-state index is 10.8. The van der Waals surface area contributed by atoms with E-state index in [4.69, 9.17) is 0 Å². The number of aliphatic hydroxyl groups is 1. The molecule has 1 aliphatic rings. The summed E-state index contributed by atoms with van der Waals surface area (Å²) in [6.07, 6.45) is 5.71. The number of rotatable bonds is 3. The molecule has 0 aromatic heterocycles. The van der Waals surface area contributed by atoms with E-state index in [0.29, 0.717) is 0 Å². The first-order chi connectivity index (χ1) is 8.10. The number of aryl methyl sites for hydroxylation is 1. The van der Waals surface area contributed by atoms with Crippen LogP contribution >= 0.6 is 0 Å². The van der Waals surface area contributed by atoms with Gasteiger partial charge in [0, 0.05) is 5.41 Å². The van der Waals surface area contributed by atoms with Crippen LogP contribution in [0.25, 0.3) is 0 Å². The molecule has 0 bridgehead atoms. The first kappa shape index (κ1) is 12.6. The Morgan fingerprint density at radius 1 is 1.24 bits per heavy atom. The zero-order chi connectivity index (χ0) is 12.5. The quantitative estimate of drug-likeness (QED) is 0.823. The van der Waals surface area contributed by atoms with Gasteiger partial charge in [0.1, 0.15) is 0 Å². The fourth-order valence-corrected chi connectivity index (χ4v) is 3.30. The van der Waals surface area contributed by atoms with E-state index in [0.717, 1.165) is 12.0 Å². The van der Waals surface area contributed by atoms with Crippen LogP contribution in [0.5, 0.6) is 0 Å². The molecule has 1 saturated carbocycles. The van der Waals surface area contributed by atoms with E-state index >= 15 is 0 Å². The summed E-state index contributed by atoms with van der Waals surface area (Å²) in [5.41, 5.74) is 3.83. The molecule has 1 atom stereocenters. The normalized spacial score (nSPS) is 20.5. The third kappa shape index (κ3) is 2.13. The van der Waals surface area contributed by atoms with Gasteiger partial charge in [-0.25, -0.2) is 0 Å². The first-order valence-electron chi connectivity index (χ1n) is 6.85. The Morgan fingerprint density at radius 3 is 2.47 bits per heavy atom. The van der Waals surface area contributed by atoms with Crippen LogP contribution in [0.1, 0.15) is 61.8 Å². The molecule has 17 heavy (non-hydrogen) atoms. The molecule has 1 aromatic carbocycles. The highest BCUT2D eigenvalue weighted by molar-refractivity contribution is 5.35. The van der Waals surface area contributed by atoms with Crippen LogP contribution < -0.4 is 0 Å². The average molecular weight is 232 g/mol. The van der Waals surface area contributed by atoms with Crippen LogP contribution in [0.2, 0.25) is 0 Å². The van der Waals surface area contributed by atoms with Gasteiger partial charge in [0.05, 0.1) is 6.10 Å². The van der Waals surface area contributed by atoms with E-state index in [-0.39, 0.29) is 11.5 Å². The van der Waals surface area contributed by atoms with Crippen molar-refractivity contribution in [2.45, 2.75) is 59.0 Å². The largest absolute Gasteiger partial charge is 0.388 e. The molecule has 94 valence electrons. The molecule has 0 heterocycles. The molecular formula is C16H24O. The summed E-state index contributed by atoms with van der Waals surface area (Å²) >= 11 is 0. The van der Waals surface area contributed by atoms with Crippen molar-refractivity contribution in [3.63, 3.8) is 0 Å². The molecule has 0 spiro atoms. The predicted molar refractivity (Wildman–Crippen MR) is 72.1 cm³/mol. The van der Waals surface area contributed by atoms with Gasteiger partial charge in [-0.05, 0) is 49.8 Å². The highest BCUT2D eigenvalue weighted by atomic mass is 16.3. The Labute approximate surface area is 105 Å². The maximum Gasteiger partial charge on any atom is 0.0848 e. The summed E-state index contributed by atoms with van der Waals surface area (Å²) in [4.78, 5) is 0. The first-order valence-corrected chi connectivity index (χ1v) is 6.85. The van der Waals surface area contributed by atoms with Crippen LogP contribution in [0.15, 0.2) is 18.2 Å². The van der Waals surface area contributed by atoms with Crippen molar-refractivity contribution in [3.8, 4) is 0 Å². The van der Waals surface area contributed by atoms with Gasteiger partial charge in [-0.3, -0.25) is 0 Å². The molecule has 1 N–H and O–H groups in total. The fourth-order valence-electron chi connectivity index (χ4n) is 3.30. The molecule has 2 rings (SSSR count). The van der Waals surface area contributed by atoms with Gasteiger partial charge in [0.15, 0.2) is 0 Å². The Balaban J connectivity index is 2.35. The highest BCUT2D eigenvalue weighted by Crippen LogP contribution is 2.50. The lowest BCUT2D eigenvalue weighted by Gasteiger charge is -2.34. The van der Waals surface area contributed by atoms with Gasteiger partial charge in [-0.2, -0.15) is 0 Å². The van der Waals surface area contributed by atoms with Crippen molar-refractivity contribution in [2.24, 2.45) is 5.41 Å². The molecule has 0 saturated heterocycles. The lowest BCUT2D eigenvalue weighted by molar-refractivity contribution is 0.0233. The monoisotopic (exact) mass is 232 g/mol. The van der Waals surface area contributed by atoms with E-state index in [1.807, 2.05) is 0 Å². The van der Waals surface area contributed by atoms with Crippen LogP contribution in [0.4, 0.5) is 0 Å². The molecule has 1 fully saturated rings. The van der Waals surface area contributed by atoms with Crippen LogP contribution in [0.3, 0.4) is 0 Å². The van der Waals surface area contributed by atoms with Gasteiger partial charge in [0.2, 0.25) is 0 Å². The summed E-state index contributed by atoms with van der Waals surface area (Å²) in [6, 6.07) is 6.29. The van der Waals surface area contributed by atoms with Crippen molar-refractivity contribution in [1.82, 2.24) is 0 Å². The number of hydrogen-bond acceptors (Lipinski definition) is 1. The molecule has 1 aromatic rings.